The quantitative estimate of drug-likeness (QED) is 0.868. The van der Waals surface area contributed by atoms with Gasteiger partial charge in [-0.25, -0.2) is 0 Å². The van der Waals surface area contributed by atoms with E-state index in [1.807, 2.05) is 24.3 Å². The monoisotopic (exact) mass is 306 g/mol. The van der Waals surface area contributed by atoms with E-state index in [9.17, 15) is 5.11 Å². The van der Waals surface area contributed by atoms with Crippen LogP contribution in [-0.2, 0) is 0 Å². The maximum absolute atomic E-state index is 10.4. The number of benzene rings is 2. The molecule has 112 valence electrons. The van der Waals surface area contributed by atoms with Crippen LogP contribution in [0.4, 0.5) is 0 Å². The number of aliphatic hydroxyl groups excluding tert-OH is 1. The fourth-order valence-electron chi connectivity index (χ4n) is 2.01. The first-order valence-corrected chi connectivity index (χ1v) is 7.27. The number of aliphatic hydroxyl groups is 1. The van der Waals surface area contributed by atoms with Gasteiger partial charge < -0.3 is 14.6 Å². The molecule has 1 atom stereocenters. The summed E-state index contributed by atoms with van der Waals surface area (Å²) in [6.07, 6.45) is 0.239. The third kappa shape index (κ3) is 3.90. The molecule has 2 rings (SSSR count). The van der Waals surface area contributed by atoms with Crippen LogP contribution < -0.4 is 9.47 Å². The van der Waals surface area contributed by atoms with E-state index in [1.54, 1.807) is 25.3 Å². The molecule has 0 aromatic heterocycles. The van der Waals surface area contributed by atoms with E-state index in [2.05, 4.69) is 6.92 Å². The number of hydrogen-bond donors (Lipinski definition) is 1. The molecular weight excluding hydrogens is 288 g/mol. The summed E-state index contributed by atoms with van der Waals surface area (Å²) in [5, 5.41) is 10.9. The second-order valence-electron chi connectivity index (χ2n) is 4.71. The van der Waals surface area contributed by atoms with Crippen LogP contribution in [0.5, 0.6) is 11.5 Å². The van der Waals surface area contributed by atoms with Crippen LogP contribution in [0, 0.1) is 0 Å². The third-order valence-electron chi connectivity index (χ3n) is 3.16. The Kier molecular flexibility index (Phi) is 5.48. The predicted molar refractivity (Wildman–Crippen MR) is 84.3 cm³/mol. The summed E-state index contributed by atoms with van der Waals surface area (Å²) in [4.78, 5) is 0. The molecule has 0 amide bonds. The lowest BCUT2D eigenvalue weighted by atomic mass is 10.0. The van der Waals surface area contributed by atoms with Gasteiger partial charge in [-0.3, -0.25) is 0 Å². The third-order valence-corrected chi connectivity index (χ3v) is 3.46. The zero-order chi connectivity index (χ0) is 15.2. The van der Waals surface area contributed by atoms with Crippen LogP contribution in [0.15, 0.2) is 42.5 Å². The maximum atomic E-state index is 10.4. The normalized spacial score (nSPS) is 12.0. The highest BCUT2D eigenvalue weighted by molar-refractivity contribution is 6.32. The first kappa shape index (κ1) is 15.7. The molecular formula is C17H19ClO3. The molecule has 2 aromatic carbocycles. The van der Waals surface area contributed by atoms with Crippen LogP contribution in [0.1, 0.15) is 30.6 Å². The summed E-state index contributed by atoms with van der Waals surface area (Å²) in [5.41, 5.74) is 1.52. The molecule has 3 nitrogen and oxygen atoms in total. The number of rotatable bonds is 6. The Hall–Kier alpha value is -1.71. The summed E-state index contributed by atoms with van der Waals surface area (Å²) in [6, 6.07) is 12.7. The molecule has 4 heteroatoms. The van der Waals surface area contributed by atoms with Crippen molar-refractivity contribution in [2.24, 2.45) is 0 Å². The van der Waals surface area contributed by atoms with Crippen molar-refractivity contribution in [2.45, 2.75) is 19.4 Å². The largest absolute Gasteiger partial charge is 0.495 e. The molecule has 0 fully saturated rings. The van der Waals surface area contributed by atoms with Crippen LogP contribution in [-0.4, -0.2) is 18.8 Å². The summed E-state index contributed by atoms with van der Waals surface area (Å²) in [5.74, 6) is 1.40. The zero-order valence-electron chi connectivity index (χ0n) is 12.2. The topological polar surface area (TPSA) is 38.7 Å². The second kappa shape index (κ2) is 7.34. The van der Waals surface area contributed by atoms with Crippen molar-refractivity contribution in [3.05, 3.63) is 58.6 Å². The van der Waals surface area contributed by atoms with Gasteiger partial charge in [0.05, 0.1) is 18.7 Å². The van der Waals surface area contributed by atoms with E-state index < -0.39 is 6.10 Å². The molecule has 0 saturated carbocycles. The van der Waals surface area contributed by atoms with Gasteiger partial charge in [0, 0.05) is 0 Å². The lowest BCUT2D eigenvalue weighted by Gasteiger charge is -2.14. The van der Waals surface area contributed by atoms with Gasteiger partial charge in [-0.05, 0) is 41.8 Å². The Morgan fingerprint density at radius 1 is 1.10 bits per heavy atom. The molecule has 0 aliphatic rings. The van der Waals surface area contributed by atoms with Gasteiger partial charge in [-0.1, -0.05) is 36.7 Å². The molecule has 21 heavy (non-hydrogen) atoms. The summed E-state index contributed by atoms with van der Waals surface area (Å²) in [6.45, 7) is 2.75. The molecule has 1 N–H and O–H groups in total. The van der Waals surface area contributed by atoms with Gasteiger partial charge in [-0.2, -0.15) is 0 Å². The van der Waals surface area contributed by atoms with Crippen molar-refractivity contribution in [2.75, 3.05) is 13.7 Å². The summed E-state index contributed by atoms with van der Waals surface area (Å²) < 4.78 is 10.6. The SMILES string of the molecule is CCCOc1ccc(C(O)c2ccc(OC)c(Cl)c2)cc1. The van der Waals surface area contributed by atoms with Gasteiger partial charge in [0.1, 0.15) is 17.6 Å². The lowest BCUT2D eigenvalue weighted by molar-refractivity contribution is 0.220. The Morgan fingerprint density at radius 2 is 1.76 bits per heavy atom. The highest BCUT2D eigenvalue weighted by Crippen LogP contribution is 2.30. The highest BCUT2D eigenvalue weighted by atomic mass is 35.5. The van der Waals surface area contributed by atoms with Crippen LogP contribution in [0.3, 0.4) is 0 Å². The van der Waals surface area contributed by atoms with E-state index in [0.717, 1.165) is 23.3 Å². The fourth-order valence-corrected chi connectivity index (χ4v) is 2.28. The Bertz CT molecular complexity index is 581. The summed E-state index contributed by atoms with van der Waals surface area (Å²) in [7, 11) is 1.56. The van der Waals surface area contributed by atoms with Crippen molar-refractivity contribution in [3.63, 3.8) is 0 Å². The first-order chi connectivity index (χ1) is 10.2. The molecule has 0 heterocycles. The summed E-state index contributed by atoms with van der Waals surface area (Å²) >= 11 is 6.09. The number of methoxy groups -OCH3 is 1. The van der Waals surface area contributed by atoms with Gasteiger partial charge in [0.15, 0.2) is 0 Å². The van der Waals surface area contributed by atoms with E-state index in [4.69, 9.17) is 21.1 Å². The minimum Gasteiger partial charge on any atom is -0.495 e. The maximum Gasteiger partial charge on any atom is 0.137 e. The fraction of sp³-hybridized carbons (Fsp3) is 0.294. The zero-order valence-corrected chi connectivity index (χ0v) is 12.9. The van der Waals surface area contributed by atoms with Crippen molar-refractivity contribution in [1.82, 2.24) is 0 Å². The van der Waals surface area contributed by atoms with Crippen LogP contribution in [0.25, 0.3) is 0 Å². The van der Waals surface area contributed by atoms with Gasteiger partial charge in [0.25, 0.3) is 0 Å². The molecule has 0 bridgehead atoms. The van der Waals surface area contributed by atoms with Crippen LogP contribution >= 0.6 is 11.6 Å². The smallest absolute Gasteiger partial charge is 0.137 e. The predicted octanol–water partition coefficient (Wildman–Crippen LogP) is 4.22. The van der Waals surface area contributed by atoms with Crippen molar-refractivity contribution < 1.29 is 14.6 Å². The van der Waals surface area contributed by atoms with Crippen molar-refractivity contribution in [1.29, 1.82) is 0 Å². The first-order valence-electron chi connectivity index (χ1n) is 6.90. The van der Waals surface area contributed by atoms with Gasteiger partial charge in [-0.15, -0.1) is 0 Å². The van der Waals surface area contributed by atoms with E-state index in [-0.39, 0.29) is 0 Å². The number of halogens is 1. The second-order valence-corrected chi connectivity index (χ2v) is 5.12. The number of hydrogen-bond acceptors (Lipinski definition) is 3. The van der Waals surface area contributed by atoms with E-state index in [0.29, 0.717) is 17.4 Å². The standard InChI is InChI=1S/C17H19ClO3/c1-3-10-21-14-7-4-12(5-8-14)17(19)13-6-9-16(20-2)15(18)11-13/h4-9,11,17,19H,3,10H2,1-2H3. The Balaban J connectivity index is 2.15. The molecule has 0 aliphatic carbocycles. The molecule has 0 aliphatic heterocycles. The molecule has 0 radical (unpaired) electrons. The molecule has 0 saturated heterocycles. The average molecular weight is 307 g/mol. The highest BCUT2D eigenvalue weighted by Gasteiger charge is 2.12. The van der Waals surface area contributed by atoms with E-state index >= 15 is 0 Å². The minimum atomic E-state index is -0.728. The average Bonchev–Trinajstić information content (AvgIpc) is 2.52. The van der Waals surface area contributed by atoms with Gasteiger partial charge >= 0.3 is 0 Å². The lowest BCUT2D eigenvalue weighted by Crippen LogP contribution is -2.01. The van der Waals surface area contributed by atoms with E-state index in [1.165, 1.54) is 0 Å². The van der Waals surface area contributed by atoms with Crippen LogP contribution in [0.2, 0.25) is 5.02 Å². The number of ether oxygens (including phenoxy) is 2. The molecule has 0 spiro atoms. The van der Waals surface area contributed by atoms with Gasteiger partial charge in [0.2, 0.25) is 0 Å². The minimum absolute atomic E-state index is 0.483. The van der Waals surface area contributed by atoms with Crippen molar-refractivity contribution >= 4 is 11.6 Å². The molecule has 2 aromatic rings. The Labute approximate surface area is 130 Å². The van der Waals surface area contributed by atoms with Crippen molar-refractivity contribution in [3.8, 4) is 11.5 Å². The molecule has 1 unspecified atom stereocenters. The Morgan fingerprint density at radius 3 is 2.33 bits per heavy atom.